The number of hydrogen-bond acceptors (Lipinski definition) is 3. The molecule has 2 aliphatic rings. The Labute approximate surface area is 174 Å². The van der Waals surface area contributed by atoms with E-state index in [1.165, 1.54) is 11.3 Å². The third kappa shape index (κ3) is 5.49. The van der Waals surface area contributed by atoms with Crippen molar-refractivity contribution in [2.45, 2.75) is 64.1 Å². The van der Waals surface area contributed by atoms with Gasteiger partial charge in [-0.25, -0.2) is 0 Å². The van der Waals surface area contributed by atoms with Gasteiger partial charge in [0.15, 0.2) is 5.96 Å². The van der Waals surface area contributed by atoms with Gasteiger partial charge in [0, 0.05) is 30.9 Å². The van der Waals surface area contributed by atoms with Gasteiger partial charge in [-0.3, -0.25) is 4.99 Å². The van der Waals surface area contributed by atoms with E-state index in [0.717, 1.165) is 57.7 Å². The van der Waals surface area contributed by atoms with Gasteiger partial charge in [-0.05, 0) is 57.6 Å². The molecule has 146 valence electrons. The average molecular weight is 472 g/mol. The van der Waals surface area contributed by atoms with Crippen molar-refractivity contribution in [2.24, 2.45) is 4.99 Å². The monoisotopic (exact) mass is 472 g/mol. The molecule has 1 unspecified atom stereocenters. The fourth-order valence-corrected chi connectivity index (χ4v) is 3.97. The van der Waals surface area contributed by atoms with E-state index in [0.29, 0.717) is 12.1 Å². The Morgan fingerprint density at radius 3 is 2.69 bits per heavy atom. The summed E-state index contributed by atoms with van der Waals surface area (Å²) in [4.78, 5) is 7.26. The number of anilines is 1. The van der Waals surface area contributed by atoms with Crippen molar-refractivity contribution in [3.63, 3.8) is 0 Å². The molecule has 0 aromatic heterocycles. The van der Waals surface area contributed by atoms with Gasteiger partial charge in [0.1, 0.15) is 0 Å². The van der Waals surface area contributed by atoms with Gasteiger partial charge in [0.25, 0.3) is 0 Å². The number of fused-ring (bicyclic) bond motifs is 1. The first-order valence-corrected chi connectivity index (χ1v) is 9.74. The number of aliphatic imine (C=N–C) groups is 1. The second kappa shape index (κ2) is 10.3. The molecule has 1 aromatic rings. The number of rotatable bonds is 5. The highest BCUT2D eigenvalue weighted by molar-refractivity contribution is 14.0. The Morgan fingerprint density at radius 1 is 1.23 bits per heavy atom. The first-order chi connectivity index (χ1) is 12.2. The summed E-state index contributed by atoms with van der Waals surface area (Å²) >= 11 is 0. The summed E-state index contributed by atoms with van der Waals surface area (Å²) in [6.45, 7) is 6.98. The van der Waals surface area contributed by atoms with Crippen molar-refractivity contribution in [2.75, 3.05) is 24.5 Å². The molecule has 3 N–H and O–H groups in total. The number of aliphatic hydroxyl groups is 1. The molecule has 1 atom stereocenters. The average Bonchev–Trinajstić information content (AvgIpc) is 2.93. The van der Waals surface area contributed by atoms with Gasteiger partial charge < -0.3 is 20.6 Å². The van der Waals surface area contributed by atoms with Crippen molar-refractivity contribution < 1.29 is 5.11 Å². The quantitative estimate of drug-likeness (QED) is 0.351. The second-order valence-electron chi connectivity index (χ2n) is 7.29. The first-order valence-electron chi connectivity index (χ1n) is 9.74. The molecule has 1 heterocycles. The van der Waals surface area contributed by atoms with Gasteiger partial charge in [0.2, 0.25) is 0 Å². The molecule has 0 amide bonds. The molecule has 1 aliphatic heterocycles. The molecule has 1 aromatic carbocycles. The van der Waals surface area contributed by atoms with Gasteiger partial charge in [-0.15, -0.1) is 24.0 Å². The second-order valence-corrected chi connectivity index (χ2v) is 7.29. The van der Waals surface area contributed by atoms with E-state index in [2.05, 4.69) is 53.6 Å². The SMILES string of the molecule is CCNC(=NCCN1c2ccccc2CC1C)NC1CCC(O)CC1.I. The van der Waals surface area contributed by atoms with Crippen LogP contribution in [-0.4, -0.2) is 48.9 Å². The normalized spacial score (nSPS) is 25.4. The number of aliphatic hydroxyl groups excluding tert-OH is 1. The van der Waals surface area contributed by atoms with Gasteiger partial charge in [-0.2, -0.15) is 0 Å². The highest BCUT2D eigenvalue weighted by Crippen LogP contribution is 2.31. The van der Waals surface area contributed by atoms with Crippen LogP contribution in [0.3, 0.4) is 0 Å². The van der Waals surface area contributed by atoms with Crippen molar-refractivity contribution in [1.82, 2.24) is 10.6 Å². The molecule has 6 heteroatoms. The summed E-state index contributed by atoms with van der Waals surface area (Å²) in [7, 11) is 0. The van der Waals surface area contributed by atoms with Crippen molar-refractivity contribution in [3.05, 3.63) is 29.8 Å². The molecule has 0 radical (unpaired) electrons. The van der Waals surface area contributed by atoms with Crippen LogP contribution >= 0.6 is 24.0 Å². The Kier molecular flexibility index (Phi) is 8.47. The zero-order valence-corrected chi connectivity index (χ0v) is 18.3. The van der Waals surface area contributed by atoms with E-state index in [9.17, 15) is 5.11 Å². The number of nitrogens with zero attached hydrogens (tertiary/aromatic N) is 2. The van der Waals surface area contributed by atoms with Crippen molar-refractivity contribution >= 4 is 35.6 Å². The minimum absolute atomic E-state index is 0. The van der Waals surface area contributed by atoms with Crippen LogP contribution in [0.2, 0.25) is 0 Å². The van der Waals surface area contributed by atoms with Crippen molar-refractivity contribution in [3.8, 4) is 0 Å². The Bertz CT molecular complexity index is 587. The highest BCUT2D eigenvalue weighted by Gasteiger charge is 2.25. The standard InChI is InChI=1S/C20H32N4O.HI/c1-3-21-20(23-17-8-10-18(25)11-9-17)22-12-13-24-15(2)14-16-6-4-5-7-19(16)24;/h4-7,15,17-18,25H,3,8-14H2,1-2H3,(H2,21,22,23);1H. The fraction of sp³-hybridized carbons (Fsp3) is 0.650. The van der Waals surface area contributed by atoms with Gasteiger partial charge >= 0.3 is 0 Å². The van der Waals surface area contributed by atoms with E-state index in [-0.39, 0.29) is 30.1 Å². The fourth-order valence-electron chi connectivity index (χ4n) is 3.97. The van der Waals surface area contributed by atoms with Crippen LogP contribution in [0.4, 0.5) is 5.69 Å². The Hall–Kier alpha value is -1.02. The summed E-state index contributed by atoms with van der Waals surface area (Å²) < 4.78 is 0. The zero-order valence-electron chi connectivity index (χ0n) is 15.9. The lowest BCUT2D eigenvalue weighted by atomic mass is 9.93. The number of hydrogen-bond donors (Lipinski definition) is 3. The number of benzene rings is 1. The van der Waals surface area contributed by atoms with E-state index in [1.807, 2.05) is 0 Å². The zero-order chi connectivity index (χ0) is 17.6. The van der Waals surface area contributed by atoms with Crippen LogP contribution in [-0.2, 0) is 6.42 Å². The molecule has 3 rings (SSSR count). The number of para-hydroxylation sites is 1. The van der Waals surface area contributed by atoms with E-state index < -0.39 is 0 Å². The summed E-state index contributed by atoms with van der Waals surface area (Å²) in [5, 5.41) is 16.6. The number of nitrogens with one attached hydrogen (secondary N) is 2. The van der Waals surface area contributed by atoms with Crippen LogP contribution in [0.5, 0.6) is 0 Å². The van der Waals surface area contributed by atoms with Crippen LogP contribution in [0.15, 0.2) is 29.3 Å². The van der Waals surface area contributed by atoms with Crippen LogP contribution in [0.1, 0.15) is 45.1 Å². The maximum atomic E-state index is 9.65. The molecule has 5 nitrogen and oxygen atoms in total. The molecule has 0 saturated heterocycles. The lowest BCUT2D eigenvalue weighted by Crippen LogP contribution is -2.45. The highest BCUT2D eigenvalue weighted by atomic mass is 127. The minimum Gasteiger partial charge on any atom is -0.393 e. The van der Waals surface area contributed by atoms with Crippen LogP contribution in [0.25, 0.3) is 0 Å². The molecule has 1 fully saturated rings. The molecule has 0 bridgehead atoms. The van der Waals surface area contributed by atoms with Crippen LogP contribution in [0, 0.1) is 0 Å². The maximum Gasteiger partial charge on any atom is 0.191 e. The maximum absolute atomic E-state index is 9.65. The third-order valence-electron chi connectivity index (χ3n) is 5.34. The molecular formula is C20H33IN4O. The third-order valence-corrected chi connectivity index (χ3v) is 5.34. The summed E-state index contributed by atoms with van der Waals surface area (Å²) in [5.74, 6) is 0.907. The van der Waals surface area contributed by atoms with Crippen molar-refractivity contribution in [1.29, 1.82) is 0 Å². The predicted molar refractivity (Wildman–Crippen MR) is 120 cm³/mol. The Balaban J connectivity index is 0.00000243. The predicted octanol–water partition coefficient (Wildman–Crippen LogP) is 2.91. The van der Waals surface area contributed by atoms with Gasteiger partial charge in [0.05, 0.1) is 12.6 Å². The molecular weight excluding hydrogens is 439 g/mol. The molecule has 1 aliphatic carbocycles. The number of guanidine groups is 1. The lowest BCUT2D eigenvalue weighted by Gasteiger charge is -2.28. The largest absolute Gasteiger partial charge is 0.393 e. The summed E-state index contributed by atoms with van der Waals surface area (Å²) in [5.41, 5.74) is 2.81. The summed E-state index contributed by atoms with van der Waals surface area (Å²) in [6, 6.07) is 9.67. The first kappa shape index (κ1) is 21.3. The number of halogens is 1. The Morgan fingerprint density at radius 2 is 1.96 bits per heavy atom. The lowest BCUT2D eigenvalue weighted by molar-refractivity contribution is 0.120. The minimum atomic E-state index is -0.116. The smallest absolute Gasteiger partial charge is 0.191 e. The molecule has 1 saturated carbocycles. The van der Waals surface area contributed by atoms with Crippen LogP contribution < -0.4 is 15.5 Å². The van der Waals surface area contributed by atoms with Gasteiger partial charge in [-0.1, -0.05) is 18.2 Å². The van der Waals surface area contributed by atoms with E-state index >= 15 is 0 Å². The van der Waals surface area contributed by atoms with E-state index in [1.54, 1.807) is 0 Å². The molecule has 0 spiro atoms. The summed E-state index contributed by atoms with van der Waals surface area (Å²) in [6.07, 6.45) is 4.82. The van der Waals surface area contributed by atoms with E-state index in [4.69, 9.17) is 4.99 Å². The topological polar surface area (TPSA) is 59.9 Å². The molecule has 26 heavy (non-hydrogen) atoms.